The molecule has 1 saturated heterocycles. The van der Waals surface area contributed by atoms with Gasteiger partial charge in [0.2, 0.25) is 0 Å². The lowest BCUT2D eigenvalue weighted by molar-refractivity contribution is -0.121. The molecule has 7 nitrogen and oxygen atoms in total. The molecule has 162 valence electrons. The quantitative estimate of drug-likeness (QED) is 0.691. The zero-order valence-electron chi connectivity index (χ0n) is 18.2. The predicted octanol–water partition coefficient (Wildman–Crippen LogP) is 2.94. The molecule has 2 heterocycles. The Morgan fingerprint density at radius 2 is 1.65 bits per heavy atom. The van der Waals surface area contributed by atoms with Gasteiger partial charge in [0.15, 0.2) is 0 Å². The number of nitrogens with zero attached hydrogens (tertiary/aromatic N) is 2. The Bertz CT molecular complexity index is 1070. The van der Waals surface area contributed by atoms with Crippen molar-refractivity contribution in [2.24, 2.45) is 0 Å². The van der Waals surface area contributed by atoms with Crippen molar-refractivity contribution in [3.63, 3.8) is 0 Å². The van der Waals surface area contributed by atoms with E-state index in [0.29, 0.717) is 54.8 Å². The number of morpholine rings is 1. The van der Waals surface area contributed by atoms with Crippen molar-refractivity contribution in [3.05, 3.63) is 58.8 Å². The van der Waals surface area contributed by atoms with E-state index in [1.165, 1.54) is 12.0 Å². The molecule has 4 rings (SSSR count). The van der Waals surface area contributed by atoms with Gasteiger partial charge in [0.25, 0.3) is 11.8 Å². The van der Waals surface area contributed by atoms with Crippen LogP contribution in [0.4, 0.5) is 5.69 Å². The summed E-state index contributed by atoms with van der Waals surface area (Å²) >= 11 is 0. The Morgan fingerprint density at radius 1 is 0.903 bits per heavy atom. The van der Waals surface area contributed by atoms with Crippen molar-refractivity contribution in [1.29, 1.82) is 0 Å². The summed E-state index contributed by atoms with van der Waals surface area (Å²) in [5.41, 5.74) is 4.04. The molecule has 2 aromatic rings. The van der Waals surface area contributed by atoms with Crippen molar-refractivity contribution in [2.75, 3.05) is 45.4 Å². The summed E-state index contributed by atoms with van der Waals surface area (Å²) in [6.45, 7) is 6.09. The van der Waals surface area contributed by atoms with Gasteiger partial charge in [-0.2, -0.15) is 0 Å². The third kappa shape index (κ3) is 3.65. The van der Waals surface area contributed by atoms with Gasteiger partial charge in [0.1, 0.15) is 17.2 Å². The maximum atomic E-state index is 13.7. The highest BCUT2D eigenvalue weighted by Gasteiger charge is 2.44. The van der Waals surface area contributed by atoms with Gasteiger partial charge in [-0.1, -0.05) is 23.8 Å². The van der Waals surface area contributed by atoms with E-state index in [9.17, 15) is 9.59 Å². The van der Waals surface area contributed by atoms with Gasteiger partial charge in [-0.15, -0.1) is 0 Å². The van der Waals surface area contributed by atoms with Crippen LogP contribution >= 0.6 is 0 Å². The summed E-state index contributed by atoms with van der Waals surface area (Å²) in [6, 6.07) is 10.9. The van der Waals surface area contributed by atoms with Crippen LogP contribution in [0.1, 0.15) is 16.7 Å². The average molecular weight is 422 g/mol. The number of anilines is 1. The monoisotopic (exact) mass is 422 g/mol. The number of ether oxygens (including phenoxy) is 3. The van der Waals surface area contributed by atoms with E-state index >= 15 is 0 Å². The molecule has 0 aliphatic carbocycles. The fraction of sp³-hybridized carbons (Fsp3) is 0.333. The molecule has 0 N–H and O–H groups in total. The Morgan fingerprint density at radius 3 is 2.29 bits per heavy atom. The zero-order valence-corrected chi connectivity index (χ0v) is 18.2. The summed E-state index contributed by atoms with van der Waals surface area (Å²) in [6.07, 6.45) is 0. The molecule has 0 unspecified atom stereocenters. The molecule has 0 spiro atoms. The molecular formula is C24H26N2O5. The first kappa shape index (κ1) is 20.9. The van der Waals surface area contributed by atoms with Crippen LogP contribution in [-0.2, 0) is 14.3 Å². The molecule has 0 radical (unpaired) electrons. The largest absolute Gasteiger partial charge is 0.497 e. The molecular weight excluding hydrogens is 396 g/mol. The highest BCUT2D eigenvalue weighted by Crippen LogP contribution is 2.40. The van der Waals surface area contributed by atoms with Gasteiger partial charge in [0.05, 0.1) is 38.7 Å². The molecule has 31 heavy (non-hydrogen) atoms. The second-order valence-corrected chi connectivity index (χ2v) is 7.62. The maximum Gasteiger partial charge on any atom is 0.282 e. The van der Waals surface area contributed by atoms with E-state index < -0.39 is 0 Å². The van der Waals surface area contributed by atoms with E-state index in [-0.39, 0.29) is 11.8 Å². The van der Waals surface area contributed by atoms with E-state index in [1.54, 1.807) is 25.3 Å². The minimum Gasteiger partial charge on any atom is -0.497 e. The van der Waals surface area contributed by atoms with E-state index in [4.69, 9.17) is 14.2 Å². The lowest BCUT2D eigenvalue weighted by atomic mass is 9.97. The summed E-state index contributed by atoms with van der Waals surface area (Å²) < 4.78 is 16.2. The van der Waals surface area contributed by atoms with Crippen LogP contribution in [0.15, 0.2) is 42.1 Å². The highest BCUT2D eigenvalue weighted by molar-refractivity contribution is 6.45. The summed E-state index contributed by atoms with van der Waals surface area (Å²) in [4.78, 5) is 30.6. The number of aryl methyl sites for hydroxylation is 2. The first-order chi connectivity index (χ1) is 15.0. The molecule has 2 amide bonds. The zero-order chi connectivity index (χ0) is 22.1. The minimum atomic E-state index is -0.359. The number of hydrogen-bond donors (Lipinski definition) is 0. The third-order valence-corrected chi connectivity index (χ3v) is 5.67. The Balaban J connectivity index is 1.87. The van der Waals surface area contributed by atoms with Gasteiger partial charge in [-0.3, -0.25) is 9.59 Å². The van der Waals surface area contributed by atoms with Crippen LogP contribution in [0, 0.1) is 13.8 Å². The third-order valence-electron chi connectivity index (χ3n) is 5.67. The predicted molar refractivity (Wildman–Crippen MR) is 117 cm³/mol. The van der Waals surface area contributed by atoms with Gasteiger partial charge < -0.3 is 19.1 Å². The number of benzene rings is 2. The van der Waals surface area contributed by atoms with Crippen molar-refractivity contribution >= 4 is 23.1 Å². The van der Waals surface area contributed by atoms with Crippen LogP contribution in [0.25, 0.3) is 5.57 Å². The summed E-state index contributed by atoms with van der Waals surface area (Å²) in [5.74, 6) is 0.257. The van der Waals surface area contributed by atoms with Crippen LogP contribution in [-0.4, -0.2) is 57.2 Å². The van der Waals surface area contributed by atoms with Crippen LogP contribution in [0.2, 0.25) is 0 Å². The van der Waals surface area contributed by atoms with E-state index in [1.807, 2.05) is 36.9 Å². The second kappa shape index (κ2) is 8.43. The van der Waals surface area contributed by atoms with Crippen molar-refractivity contribution in [2.45, 2.75) is 13.8 Å². The summed E-state index contributed by atoms with van der Waals surface area (Å²) in [5, 5.41) is 0. The van der Waals surface area contributed by atoms with Crippen molar-refractivity contribution < 1.29 is 23.8 Å². The Kier molecular flexibility index (Phi) is 5.69. The van der Waals surface area contributed by atoms with Crippen LogP contribution in [0.5, 0.6) is 11.5 Å². The molecule has 7 heteroatoms. The standard InChI is InChI=1S/C24H26N2O5/c1-15-5-7-18(16(2)13-15)21-22(25-9-11-31-12-10-25)24(28)26(23(21)27)19-8-6-17(29-3)14-20(19)30-4/h5-8,13-14H,9-12H2,1-4H3. The topological polar surface area (TPSA) is 68.3 Å². The maximum absolute atomic E-state index is 13.7. The van der Waals surface area contributed by atoms with E-state index in [2.05, 4.69) is 0 Å². The number of carbonyl (C=O) groups excluding carboxylic acids is 2. The molecule has 0 atom stereocenters. The van der Waals surface area contributed by atoms with Crippen LogP contribution < -0.4 is 14.4 Å². The lowest BCUT2D eigenvalue weighted by Gasteiger charge is -2.30. The summed E-state index contributed by atoms with van der Waals surface area (Å²) in [7, 11) is 3.06. The smallest absolute Gasteiger partial charge is 0.282 e. The molecule has 2 aliphatic heterocycles. The number of amides is 2. The first-order valence-electron chi connectivity index (χ1n) is 10.2. The van der Waals surface area contributed by atoms with Gasteiger partial charge in [0, 0.05) is 19.2 Å². The SMILES string of the molecule is COc1ccc(N2C(=O)C(c3ccc(C)cc3C)=C(N3CCOCC3)C2=O)c(OC)c1. The Labute approximate surface area is 181 Å². The molecule has 0 aromatic heterocycles. The Hall–Kier alpha value is -3.32. The first-order valence-corrected chi connectivity index (χ1v) is 10.2. The molecule has 0 saturated carbocycles. The fourth-order valence-corrected chi connectivity index (χ4v) is 4.12. The minimum absolute atomic E-state index is 0.356. The van der Waals surface area contributed by atoms with E-state index in [0.717, 1.165) is 16.7 Å². The number of hydrogen-bond acceptors (Lipinski definition) is 6. The number of methoxy groups -OCH3 is 2. The normalized spacial score (nSPS) is 16.9. The van der Waals surface area contributed by atoms with Gasteiger partial charge in [-0.25, -0.2) is 4.90 Å². The van der Waals surface area contributed by atoms with Crippen molar-refractivity contribution in [1.82, 2.24) is 4.90 Å². The second-order valence-electron chi connectivity index (χ2n) is 7.62. The van der Waals surface area contributed by atoms with Gasteiger partial charge >= 0.3 is 0 Å². The van der Waals surface area contributed by atoms with Gasteiger partial charge in [-0.05, 0) is 37.1 Å². The number of imide groups is 1. The van der Waals surface area contributed by atoms with Crippen LogP contribution in [0.3, 0.4) is 0 Å². The molecule has 1 fully saturated rings. The number of carbonyl (C=O) groups is 2. The molecule has 0 bridgehead atoms. The molecule has 2 aromatic carbocycles. The number of rotatable bonds is 5. The van der Waals surface area contributed by atoms with Crippen molar-refractivity contribution in [3.8, 4) is 11.5 Å². The molecule has 2 aliphatic rings. The highest BCUT2D eigenvalue weighted by atomic mass is 16.5. The lowest BCUT2D eigenvalue weighted by Crippen LogP contribution is -2.40. The average Bonchev–Trinajstić information content (AvgIpc) is 3.03. The fourth-order valence-electron chi connectivity index (χ4n) is 4.12.